The lowest BCUT2D eigenvalue weighted by molar-refractivity contribution is -0.970. The first-order chi connectivity index (χ1) is 9.46. The quantitative estimate of drug-likeness (QED) is 0.420. The van der Waals surface area contributed by atoms with E-state index in [0.29, 0.717) is 0 Å². The van der Waals surface area contributed by atoms with E-state index in [-0.39, 0.29) is 5.54 Å². The van der Waals surface area contributed by atoms with Gasteiger partial charge in [0.1, 0.15) is 6.07 Å². The summed E-state index contributed by atoms with van der Waals surface area (Å²) in [7, 11) is 2.41. The minimum absolute atomic E-state index is 0.00662. The number of rotatable bonds is 1. The number of fused-ring (bicyclic) bond motifs is 2. The number of nitriles is 1. The summed E-state index contributed by atoms with van der Waals surface area (Å²) in [5.74, 6) is 0. The highest BCUT2D eigenvalue weighted by Gasteiger charge is 2.65. The van der Waals surface area contributed by atoms with Gasteiger partial charge in [0.2, 0.25) is 0 Å². The highest BCUT2D eigenvalue weighted by molar-refractivity contribution is 5.11. The number of hydrogen-bond donors (Lipinski definition) is 0. The van der Waals surface area contributed by atoms with Gasteiger partial charge >= 0.3 is 0 Å². The zero-order chi connectivity index (χ0) is 14.8. The highest BCUT2D eigenvalue weighted by atomic mass is 16.9. The molecule has 3 fully saturated rings. The second-order valence-electron chi connectivity index (χ2n) is 6.54. The Balaban J connectivity index is 0.000000328. The molecule has 6 heteroatoms. The minimum Gasteiger partial charge on any atom is -0.356 e. The number of quaternary nitrogens is 1. The van der Waals surface area contributed by atoms with Gasteiger partial charge in [-0.2, -0.15) is 5.26 Å². The zero-order valence-electron chi connectivity index (χ0n) is 12.1. The molecule has 0 N–H and O–H groups in total. The third-order valence-corrected chi connectivity index (χ3v) is 6.00. The van der Waals surface area contributed by atoms with E-state index in [1.165, 1.54) is 57.8 Å². The van der Waals surface area contributed by atoms with Crippen molar-refractivity contribution in [2.75, 3.05) is 7.05 Å². The van der Waals surface area contributed by atoms with E-state index in [1.807, 2.05) is 0 Å². The smallest absolute Gasteiger partial charge is 0.186 e. The van der Waals surface area contributed by atoms with Crippen molar-refractivity contribution >= 4 is 0 Å². The van der Waals surface area contributed by atoms with Crippen LogP contribution in [0.4, 0.5) is 0 Å². The molecule has 2 aliphatic heterocycles. The molecule has 2 heterocycles. The molecule has 1 atom stereocenters. The van der Waals surface area contributed by atoms with Gasteiger partial charge in [-0.1, -0.05) is 6.42 Å². The zero-order valence-corrected chi connectivity index (χ0v) is 12.1. The largest absolute Gasteiger partial charge is 0.356 e. The van der Waals surface area contributed by atoms with E-state index in [0.717, 1.165) is 16.6 Å². The average molecular weight is 281 g/mol. The normalized spacial score (nSPS) is 39.7. The van der Waals surface area contributed by atoms with Crippen LogP contribution in [0.2, 0.25) is 0 Å². The Morgan fingerprint density at radius 3 is 2.00 bits per heavy atom. The van der Waals surface area contributed by atoms with Crippen molar-refractivity contribution in [1.29, 1.82) is 5.26 Å². The third-order valence-electron chi connectivity index (χ3n) is 6.00. The van der Waals surface area contributed by atoms with Crippen molar-refractivity contribution in [3.05, 3.63) is 15.3 Å². The van der Waals surface area contributed by atoms with E-state index >= 15 is 0 Å². The number of hydrogen-bond acceptors (Lipinski definition) is 4. The van der Waals surface area contributed by atoms with Gasteiger partial charge in [0.15, 0.2) is 5.54 Å². The second kappa shape index (κ2) is 5.57. The van der Waals surface area contributed by atoms with Crippen LogP contribution in [0.15, 0.2) is 0 Å². The maximum atomic E-state index is 9.64. The fourth-order valence-corrected chi connectivity index (χ4v) is 4.93. The molecule has 0 aromatic carbocycles. The molecule has 3 aliphatic rings. The maximum Gasteiger partial charge on any atom is 0.186 e. The summed E-state index contributed by atoms with van der Waals surface area (Å²) in [4.78, 5) is 8.25. The van der Waals surface area contributed by atoms with Crippen LogP contribution >= 0.6 is 0 Å². The van der Waals surface area contributed by atoms with Crippen molar-refractivity contribution in [3.8, 4) is 6.07 Å². The predicted octanol–water partition coefficient (Wildman–Crippen LogP) is 2.75. The van der Waals surface area contributed by atoms with Crippen LogP contribution in [-0.4, -0.2) is 34.2 Å². The fraction of sp³-hybridized carbons (Fsp3) is 0.929. The molecule has 1 unspecified atom stereocenters. The van der Waals surface area contributed by atoms with Gasteiger partial charge in [-0.3, -0.25) is 0 Å². The van der Waals surface area contributed by atoms with E-state index < -0.39 is 5.09 Å². The van der Waals surface area contributed by atoms with Crippen LogP contribution in [0, 0.1) is 26.7 Å². The van der Waals surface area contributed by atoms with E-state index in [4.69, 9.17) is 15.3 Å². The Morgan fingerprint density at radius 2 is 1.55 bits per heavy atom. The Morgan fingerprint density at radius 1 is 1.10 bits per heavy atom. The molecule has 3 rings (SSSR count). The van der Waals surface area contributed by atoms with Crippen molar-refractivity contribution in [2.24, 2.45) is 0 Å². The van der Waals surface area contributed by atoms with Crippen molar-refractivity contribution in [1.82, 2.24) is 0 Å². The molecule has 0 aromatic rings. The first-order valence-electron chi connectivity index (χ1n) is 7.55. The van der Waals surface area contributed by atoms with Gasteiger partial charge < -0.3 is 19.8 Å². The Kier molecular flexibility index (Phi) is 4.19. The summed E-state index contributed by atoms with van der Waals surface area (Å²) < 4.78 is 1.13. The molecule has 0 amide bonds. The van der Waals surface area contributed by atoms with Crippen LogP contribution in [0.25, 0.3) is 0 Å². The van der Waals surface area contributed by atoms with Gasteiger partial charge in [-0.15, -0.1) is 0 Å². The first-order valence-corrected chi connectivity index (χ1v) is 7.55. The summed E-state index contributed by atoms with van der Waals surface area (Å²) in [6.07, 6.45) is 11.9. The Hall–Kier alpha value is -1.35. The summed E-state index contributed by atoms with van der Waals surface area (Å²) in [5, 5.41) is 24.4. The molecule has 1 saturated carbocycles. The van der Waals surface area contributed by atoms with Crippen LogP contribution in [-0.2, 0) is 0 Å². The molecule has 0 spiro atoms. The standard InChI is InChI=1S/C14H23N2.NO3/c1-16(12-5-3-2-4-6-12)13-7-9-14(16,11-15)10-8-13;2-1(3)4/h12-13H,2-10H2,1H3;/q+1;-1. The second-order valence-corrected chi connectivity index (χ2v) is 6.54. The fourth-order valence-electron chi connectivity index (χ4n) is 4.93. The lowest BCUT2D eigenvalue weighted by atomic mass is 9.86. The molecule has 2 bridgehead atoms. The minimum atomic E-state index is -1.75. The van der Waals surface area contributed by atoms with E-state index in [2.05, 4.69) is 13.1 Å². The van der Waals surface area contributed by atoms with Crippen LogP contribution in [0.5, 0.6) is 0 Å². The van der Waals surface area contributed by atoms with Crippen molar-refractivity contribution in [2.45, 2.75) is 75.4 Å². The van der Waals surface area contributed by atoms with Crippen LogP contribution in [0.3, 0.4) is 0 Å². The first kappa shape index (κ1) is 15.0. The van der Waals surface area contributed by atoms with Gasteiger partial charge in [0.05, 0.1) is 24.2 Å². The SMILES string of the molecule is C[N+]1(C2CCCCC2)C2CCC1(C#N)CC2.O=[N+]([O-])[O-]. The van der Waals surface area contributed by atoms with Crippen molar-refractivity contribution < 1.29 is 9.57 Å². The van der Waals surface area contributed by atoms with Gasteiger partial charge in [-0.05, 0) is 25.7 Å². The van der Waals surface area contributed by atoms with Crippen molar-refractivity contribution in [3.63, 3.8) is 0 Å². The topological polar surface area (TPSA) is 90.0 Å². The summed E-state index contributed by atoms with van der Waals surface area (Å²) in [6, 6.07) is 4.33. The maximum absolute atomic E-state index is 9.64. The van der Waals surface area contributed by atoms with Gasteiger partial charge in [0, 0.05) is 25.7 Å². The summed E-state index contributed by atoms with van der Waals surface area (Å²) in [5.41, 5.74) is 0.00662. The molecule has 2 saturated heterocycles. The lowest BCUT2D eigenvalue weighted by Gasteiger charge is -2.47. The molecule has 6 nitrogen and oxygen atoms in total. The Labute approximate surface area is 119 Å². The molecule has 0 radical (unpaired) electrons. The van der Waals surface area contributed by atoms with Gasteiger partial charge in [-0.25, -0.2) is 0 Å². The Bertz CT molecular complexity index is 402. The molecule has 0 aromatic heterocycles. The lowest BCUT2D eigenvalue weighted by Crippen LogP contribution is -2.62. The predicted molar refractivity (Wildman–Crippen MR) is 74.0 cm³/mol. The summed E-state index contributed by atoms with van der Waals surface area (Å²) >= 11 is 0. The van der Waals surface area contributed by atoms with E-state index in [9.17, 15) is 5.26 Å². The third kappa shape index (κ3) is 2.24. The highest BCUT2D eigenvalue weighted by Crippen LogP contribution is 2.54. The molecular weight excluding hydrogens is 258 g/mol. The molecule has 1 aliphatic carbocycles. The summed E-state index contributed by atoms with van der Waals surface area (Å²) in [6.45, 7) is 0. The van der Waals surface area contributed by atoms with Crippen LogP contribution < -0.4 is 0 Å². The number of nitrogens with zero attached hydrogens (tertiary/aromatic N) is 3. The van der Waals surface area contributed by atoms with E-state index in [1.54, 1.807) is 0 Å². The monoisotopic (exact) mass is 281 g/mol. The molecule has 112 valence electrons. The van der Waals surface area contributed by atoms with Crippen LogP contribution in [0.1, 0.15) is 57.8 Å². The average Bonchev–Trinajstić information content (AvgIpc) is 2.89. The van der Waals surface area contributed by atoms with Gasteiger partial charge in [0.25, 0.3) is 0 Å². The molecule has 20 heavy (non-hydrogen) atoms. The molecular formula is C14H23N3O3.